The minimum Gasteiger partial charge on any atom is -0.496 e. The number of amides is 2. The van der Waals surface area contributed by atoms with Crippen molar-refractivity contribution in [3.05, 3.63) is 64.7 Å². The van der Waals surface area contributed by atoms with E-state index in [1.165, 1.54) is 0 Å². The molecule has 2 N–H and O–H groups in total. The number of nitrogens with zero attached hydrogens (tertiary/aromatic N) is 1. The van der Waals surface area contributed by atoms with Gasteiger partial charge in [-0.2, -0.15) is 0 Å². The van der Waals surface area contributed by atoms with E-state index in [-0.39, 0.29) is 30.3 Å². The Kier molecular flexibility index (Phi) is 10.8. The van der Waals surface area contributed by atoms with Gasteiger partial charge in [0.2, 0.25) is 5.91 Å². The summed E-state index contributed by atoms with van der Waals surface area (Å²) in [6.45, 7) is 2.50. The maximum absolute atomic E-state index is 13.2. The zero-order valence-electron chi connectivity index (χ0n) is 18.3. The highest BCUT2D eigenvalue weighted by Crippen LogP contribution is 2.24. The average molecular weight is 480 g/mol. The molecular formula is C24H31Cl2N3O3. The summed E-state index contributed by atoms with van der Waals surface area (Å²) in [5, 5.41) is 6.99. The van der Waals surface area contributed by atoms with E-state index < -0.39 is 0 Å². The standard InChI is InChI=1S/C24H30ClN3O3.ClH/c1-31-22-11-10-19(25)16-20(22)24(30)28-14-6-5-12-26-21(18-8-3-2-4-9-18)17-23(29)27-13-7-15-28;/h2-4,8-11,16,21,26H,5-7,12-15,17H2,1H3,(H,27,29);1H. The maximum Gasteiger partial charge on any atom is 0.257 e. The largest absolute Gasteiger partial charge is 0.496 e. The van der Waals surface area contributed by atoms with E-state index in [2.05, 4.69) is 10.6 Å². The summed E-state index contributed by atoms with van der Waals surface area (Å²) < 4.78 is 5.36. The topological polar surface area (TPSA) is 70.7 Å². The Hall–Kier alpha value is -2.28. The average Bonchev–Trinajstić information content (AvgIpc) is 2.80. The third-order valence-electron chi connectivity index (χ3n) is 5.44. The van der Waals surface area contributed by atoms with Crippen molar-refractivity contribution >= 4 is 35.8 Å². The maximum atomic E-state index is 13.2. The van der Waals surface area contributed by atoms with Crippen LogP contribution in [0.5, 0.6) is 5.75 Å². The molecule has 1 aliphatic rings. The van der Waals surface area contributed by atoms with Crippen molar-refractivity contribution in [2.24, 2.45) is 0 Å². The van der Waals surface area contributed by atoms with Gasteiger partial charge in [0.1, 0.15) is 5.75 Å². The lowest BCUT2D eigenvalue weighted by molar-refractivity contribution is -0.121. The number of halogens is 2. The van der Waals surface area contributed by atoms with Crippen molar-refractivity contribution in [2.75, 3.05) is 33.3 Å². The molecule has 6 nitrogen and oxygen atoms in total. The van der Waals surface area contributed by atoms with Gasteiger partial charge in [0.15, 0.2) is 0 Å². The Morgan fingerprint density at radius 3 is 2.56 bits per heavy atom. The molecule has 3 rings (SSSR count). The fourth-order valence-corrected chi connectivity index (χ4v) is 3.96. The first-order valence-corrected chi connectivity index (χ1v) is 11.1. The number of methoxy groups -OCH3 is 1. The first kappa shape index (κ1) is 26.0. The molecule has 1 fully saturated rings. The molecule has 8 heteroatoms. The molecule has 1 aliphatic heterocycles. The van der Waals surface area contributed by atoms with Crippen LogP contribution in [0, 0.1) is 0 Å². The third kappa shape index (κ3) is 7.40. The van der Waals surface area contributed by atoms with Crippen LogP contribution in [0.15, 0.2) is 48.5 Å². The van der Waals surface area contributed by atoms with E-state index in [4.69, 9.17) is 16.3 Å². The van der Waals surface area contributed by atoms with E-state index in [1.54, 1.807) is 25.3 Å². The number of carbonyl (C=O) groups is 2. The van der Waals surface area contributed by atoms with Crippen LogP contribution in [0.4, 0.5) is 0 Å². The highest BCUT2D eigenvalue weighted by molar-refractivity contribution is 6.31. The van der Waals surface area contributed by atoms with E-state index in [0.717, 1.165) is 24.9 Å². The van der Waals surface area contributed by atoms with Gasteiger partial charge in [0, 0.05) is 37.1 Å². The predicted octanol–water partition coefficient (Wildman–Crippen LogP) is 4.23. The first-order chi connectivity index (χ1) is 15.1. The second kappa shape index (κ2) is 13.3. The van der Waals surface area contributed by atoms with Gasteiger partial charge in [-0.1, -0.05) is 41.9 Å². The third-order valence-corrected chi connectivity index (χ3v) is 5.68. The van der Waals surface area contributed by atoms with Crippen LogP contribution < -0.4 is 15.4 Å². The molecule has 0 bridgehead atoms. The summed E-state index contributed by atoms with van der Waals surface area (Å²) in [5.74, 6) is 0.420. The van der Waals surface area contributed by atoms with Gasteiger partial charge in [-0.25, -0.2) is 0 Å². The quantitative estimate of drug-likeness (QED) is 0.690. The molecular weight excluding hydrogens is 449 g/mol. The molecule has 1 unspecified atom stereocenters. The van der Waals surface area contributed by atoms with Crippen molar-refractivity contribution < 1.29 is 14.3 Å². The number of hydrogen-bond donors (Lipinski definition) is 2. The van der Waals surface area contributed by atoms with E-state index >= 15 is 0 Å². The van der Waals surface area contributed by atoms with Gasteiger partial charge in [-0.05, 0) is 49.6 Å². The molecule has 32 heavy (non-hydrogen) atoms. The summed E-state index contributed by atoms with van der Waals surface area (Å²) in [4.78, 5) is 27.5. The normalized spacial score (nSPS) is 18.2. The fraction of sp³-hybridized carbons (Fsp3) is 0.417. The van der Waals surface area contributed by atoms with Crippen LogP contribution in [0.2, 0.25) is 5.02 Å². The number of benzene rings is 2. The summed E-state index contributed by atoms with van der Waals surface area (Å²) in [6, 6.07) is 15.1. The van der Waals surface area contributed by atoms with Gasteiger partial charge in [-0.15, -0.1) is 12.4 Å². The van der Waals surface area contributed by atoms with Crippen molar-refractivity contribution in [3.8, 4) is 5.75 Å². The van der Waals surface area contributed by atoms with Gasteiger partial charge in [0.25, 0.3) is 5.91 Å². The van der Waals surface area contributed by atoms with E-state index in [0.29, 0.717) is 48.8 Å². The highest BCUT2D eigenvalue weighted by Gasteiger charge is 2.21. The van der Waals surface area contributed by atoms with Crippen LogP contribution in [0.3, 0.4) is 0 Å². The summed E-state index contributed by atoms with van der Waals surface area (Å²) >= 11 is 6.12. The second-order valence-electron chi connectivity index (χ2n) is 7.67. The SMILES string of the molecule is COc1ccc(Cl)cc1C(=O)N1CCCCNC(c2ccccc2)CC(=O)NCCC1.Cl. The second-order valence-corrected chi connectivity index (χ2v) is 8.11. The lowest BCUT2D eigenvalue weighted by Gasteiger charge is -2.24. The number of hydrogen-bond acceptors (Lipinski definition) is 4. The number of carbonyl (C=O) groups excluding carboxylic acids is 2. The van der Waals surface area contributed by atoms with E-state index in [1.807, 2.05) is 35.2 Å². The van der Waals surface area contributed by atoms with Crippen molar-refractivity contribution in [1.29, 1.82) is 0 Å². The minimum atomic E-state index is -0.101. The van der Waals surface area contributed by atoms with Crippen LogP contribution >= 0.6 is 24.0 Å². The lowest BCUT2D eigenvalue weighted by Crippen LogP contribution is -2.35. The number of rotatable bonds is 3. The molecule has 1 saturated heterocycles. The summed E-state index contributed by atoms with van der Waals surface area (Å²) in [5.41, 5.74) is 1.57. The minimum absolute atomic E-state index is 0. The monoisotopic (exact) mass is 479 g/mol. The summed E-state index contributed by atoms with van der Waals surface area (Å²) in [7, 11) is 1.55. The van der Waals surface area contributed by atoms with Crippen LogP contribution in [0.1, 0.15) is 47.6 Å². The molecule has 0 radical (unpaired) electrons. The Labute approximate surface area is 201 Å². The van der Waals surface area contributed by atoms with E-state index in [9.17, 15) is 9.59 Å². The molecule has 2 aromatic carbocycles. The molecule has 0 saturated carbocycles. The van der Waals surface area contributed by atoms with Crippen LogP contribution in [0.25, 0.3) is 0 Å². The first-order valence-electron chi connectivity index (χ1n) is 10.8. The molecule has 2 aromatic rings. The van der Waals surface area contributed by atoms with Gasteiger partial charge in [0.05, 0.1) is 12.7 Å². The molecule has 1 atom stereocenters. The molecule has 1 heterocycles. The molecule has 0 aromatic heterocycles. The van der Waals surface area contributed by atoms with Crippen molar-refractivity contribution in [1.82, 2.24) is 15.5 Å². The zero-order chi connectivity index (χ0) is 22.1. The van der Waals surface area contributed by atoms with Crippen molar-refractivity contribution in [3.63, 3.8) is 0 Å². The molecule has 0 aliphatic carbocycles. The Morgan fingerprint density at radius 1 is 1.06 bits per heavy atom. The fourth-order valence-electron chi connectivity index (χ4n) is 3.79. The molecule has 0 spiro atoms. The Morgan fingerprint density at radius 2 is 1.81 bits per heavy atom. The van der Waals surface area contributed by atoms with Gasteiger partial charge >= 0.3 is 0 Å². The molecule has 2 amide bonds. The lowest BCUT2D eigenvalue weighted by atomic mass is 10.0. The zero-order valence-corrected chi connectivity index (χ0v) is 19.9. The molecule has 174 valence electrons. The van der Waals surface area contributed by atoms with Gasteiger partial charge < -0.3 is 20.3 Å². The number of nitrogens with one attached hydrogen (secondary N) is 2. The number of ether oxygens (including phenoxy) is 1. The summed E-state index contributed by atoms with van der Waals surface area (Å²) in [6.07, 6.45) is 2.85. The van der Waals surface area contributed by atoms with Gasteiger partial charge in [-0.3, -0.25) is 9.59 Å². The highest BCUT2D eigenvalue weighted by atomic mass is 35.5. The smallest absolute Gasteiger partial charge is 0.257 e. The van der Waals surface area contributed by atoms with Crippen LogP contribution in [-0.4, -0.2) is 50.0 Å². The Balaban J connectivity index is 0.00000363. The Bertz CT molecular complexity index is 880. The predicted molar refractivity (Wildman–Crippen MR) is 130 cm³/mol. The van der Waals surface area contributed by atoms with Crippen LogP contribution in [-0.2, 0) is 4.79 Å². The van der Waals surface area contributed by atoms with Crippen molar-refractivity contribution in [2.45, 2.75) is 31.7 Å².